The predicted octanol–water partition coefficient (Wildman–Crippen LogP) is 2.55. The summed E-state index contributed by atoms with van der Waals surface area (Å²) in [5.41, 5.74) is 0.875. The molecule has 3 unspecified atom stereocenters. The fourth-order valence-corrected chi connectivity index (χ4v) is 2.84. The average Bonchev–Trinajstić information content (AvgIpc) is 2.60. The zero-order chi connectivity index (χ0) is 17.5. The molecule has 0 aliphatic heterocycles. The van der Waals surface area contributed by atoms with E-state index in [0.29, 0.717) is 12.8 Å². The SMILES string of the molecule is CC(OC(=O)C1CCCCC1C(=O)OCc1ccccc1)C(=O)O. The summed E-state index contributed by atoms with van der Waals surface area (Å²) in [5, 5.41) is 8.85. The van der Waals surface area contributed by atoms with E-state index in [1.54, 1.807) is 0 Å². The highest BCUT2D eigenvalue weighted by molar-refractivity contribution is 5.84. The van der Waals surface area contributed by atoms with Crippen LogP contribution in [-0.2, 0) is 30.5 Å². The van der Waals surface area contributed by atoms with Crippen LogP contribution in [0.5, 0.6) is 0 Å². The highest BCUT2D eigenvalue weighted by Crippen LogP contribution is 2.32. The summed E-state index contributed by atoms with van der Waals surface area (Å²) in [4.78, 5) is 35.4. The molecule has 0 amide bonds. The molecule has 6 heteroatoms. The quantitative estimate of drug-likeness (QED) is 0.804. The van der Waals surface area contributed by atoms with E-state index in [1.807, 2.05) is 30.3 Å². The molecule has 0 saturated heterocycles. The lowest BCUT2D eigenvalue weighted by Gasteiger charge is -2.28. The Bertz CT molecular complexity index is 582. The summed E-state index contributed by atoms with van der Waals surface area (Å²) in [5.74, 6) is -3.48. The number of esters is 2. The Morgan fingerprint density at radius 1 is 1.08 bits per heavy atom. The minimum absolute atomic E-state index is 0.156. The van der Waals surface area contributed by atoms with Crippen molar-refractivity contribution < 1.29 is 29.0 Å². The lowest BCUT2D eigenvalue weighted by Crippen LogP contribution is -2.37. The maximum Gasteiger partial charge on any atom is 0.344 e. The number of hydrogen-bond acceptors (Lipinski definition) is 5. The van der Waals surface area contributed by atoms with Gasteiger partial charge in [-0.2, -0.15) is 0 Å². The molecule has 1 aliphatic carbocycles. The van der Waals surface area contributed by atoms with Crippen molar-refractivity contribution in [1.29, 1.82) is 0 Å². The largest absolute Gasteiger partial charge is 0.479 e. The van der Waals surface area contributed by atoms with Crippen molar-refractivity contribution >= 4 is 17.9 Å². The Morgan fingerprint density at radius 3 is 2.25 bits per heavy atom. The molecule has 0 bridgehead atoms. The van der Waals surface area contributed by atoms with Crippen molar-refractivity contribution in [2.75, 3.05) is 0 Å². The number of rotatable bonds is 6. The van der Waals surface area contributed by atoms with Gasteiger partial charge in [0.05, 0.1) is 11.8 Å². The van der Waals surface area contributed by atoms with E-state index in [-0.39, 0.29) is 6.61 Å². The lowest BCUT2D eigenvalue weighted by molar-refractivity contribution is -0.171. The summed E-state index contributed by atoms with van der Waals surface area (Å²) < 4.78 is 10.3. The van der Waals surface area contributed by atoms with Gasteiger partial charge >= 0.3 is 17.9 Å². The van der Waals surface area contributed by atoms with Crippen molar-refractivity contribution in [2.45, 2.75) is 45.3 Å². The van der Waals surface area contributed by atoms with Gasteiger partial charge < -0.3 is 14.6 Å². The molecule has 1 aromatic rings. The van der Waals surface area contributed by atoms with Gasteiger partial charge in [-0.25, -0.2) is 4.79 Å². The summed E-state index contributed by atoms with van der Waals surface area (Å²) >= 11 is 0. The molecule has 1 aliphatic rings. The van der Waals surface area contributed by atoms with E-state index >= 15 is 0 Å². The molecule has 0 spiro atoms. The molecule has 130 valence electrons. The maximum atomic E-state index is 12.4. The number of carbonyl (C=O) groups excluding carboxylic acids is 2. The monoisotopic (exact) mass is 334 g/mol. The molecular formula is C18H22O6. The van der Waals surface area contributed by atoms with Crippen LogP contribution in [0.2, 0.25) is 0 Å². The Labute approximate surface area is 140 Å². The summed E-state index contributed by atoms with van der Waals surface area (Å²) in [7, 11) is 0. The molecule has 1 fully saturated rings. The van der Waals surface area contributed by atoms with Crippen LogP contribution >= 0.6 is 0 Å². The highest BCUT2D eigenvalue weighted by Gasteiger charge is 2.38. The Hall–Kier alpha value is -2.37. The van der Waals surface area contributed by atoms with Crippen LogP contribution in [0.25, 0.3) is 0 Å². The first-order valence-electron chi connectivity index (χ1n) is 8.13. The number of carbonyl (C=O) groups is 3. The van der Waals surface area contributed by atoms with Gasteiger partial charge in [-0.05, 0) is 25.3 Å². The topological polar surface area (TPSA) is 89.9 Å². The zero-order valence-corrected chi connectivity index (χ0v) is 13.6. The first-order chi connectivity index (χ1) is 11.5. The van der Waals surface area contributed by atoms with Crippen molar-refractivity contribution in [3.05, 3.63) is 35.9 Å². The summed E-state index contributed by atoms with van der Waals surface area (Å²) in [6.45, 7) is 1.45. The molecule has 1 N–H and O–H groups in total. The molecule has 3 atom stereocenters. The van der Waals surface area contributed by atoms with Crippen molar-refractivity contribution in [2.24, 2.45) is 11.8 Å². The standard InChI is InChI=1S/C18H22O6/c1-12(16(19)20)24-18(22)15-10-6-5-9-14(15)17(21)23-11-13-7-3-2-4-8-13/h2-4,7-8,12,14-15H,5-6,9-11H2,1H3,(H,19,20). The number of carboxylic acid groups (broad SMARTS) is 1. The molecule has 0 heterocycles. The molecule has 1 aromatic carbocycles. The first kappa shape index (κ1) is 18.0. The van der Waals surface area contributed by atoms with Crippen LogP contribution in [0.1, 0.15) is 38.2 Å². The third-order valence-corrected chi connectivity index (χ3v) is 4.24. The Morgan fingerprint density at radius 2 is 1.67 bits per heavy atom. The van der Waals surface area contributed by atoms with Crippen molar-refractivity contribution in [1.82, 2.24) is 0 Å². The van der Waals surface area contributed by atoms with Gasteiger partial charge in [0.25, 0.3) is 0 Å². The maximum absolute atomic E-state index is 12.4. The third kappa shape index (κ3) is 4.81. The van der Waals surface area contributed by atoms with Crippen LogP contribution in [0, 0.1) is 11.8 Å². The van der Waals surface area contributed by atoms with Crippen LogP contribution in [0.15, 0.2) is 30.3 Å². The van der Waals surface area contributed by atoms with Gasteiger partial charge in [0.15, 0.2) is 6.10 Å². The predicted molar refractivity (Wildman–Crippen MR) is 84.9 cm³/mol. The summed E-state index contributed by atoms with van der Waals surface area (Å²) in [6.07, 6.45) is 1.48. The second kappa shape index (κ2) is 8.47. The van der Waals surface area contributed by atoms with E-state index in [4.69, 9.17) is 14.6 Å². The van der Waals surface area contributed by atoms with Crippen molar-refractivity contribution in [3.8, 4) is 0 Å². The highest BCUT2D eigenvalue weighted by atomic mass is 16.6. The number of carboxylic acids is 1. The molecule has 0 aromatic heterocycles. The molecule has 24 heavy (non-hydrogen) atoms. The Balaban J connectivity index is 1.96. The van der Waals surface area contributed by atoms with Gasteiger partial charge in [-0.1, -0.05) is 43.2 Å². The smallest absolute Gasteiger partial charge is 0.344 e. The molecule has 2 rings (SSSR count). The van der Waals surface area contributed by atoms with Crippen LogP contribution in [-0.4, -0.2) is 29.1 Å². The van der Waals surface area contributed by atoms with Gasteiger partial charge in [0.1, 0.15) is 6.61 Å². The average molecular weight is 334 g/mol. The molecule has 1 saturated carbocycles. The molecule has 0 radical (unpaired) electrons. The molecular weight excluding hydrogens is 312 g/mol. The minimum Gasteiger partial charge on any atom is -0.479 e. The number of aliphatic carboxylic acids is 1. The third-order valence-electron chi connectivity index (χ3n) is 4.24. The van der Waals surface area contributed by atoms with Crippen LogP contribution in [0.3, 0.4) is 0 Å². The summed E-state index contributed by atoms with van der Waals surface area (Å²) in [6, 6.07) is 9.31. The van der Waals surface area contributed by atoms with Gasteiger partial charge in [-0.3, -0.25) is 9.59 Å². The second-order valence-electron chi connectivity index (χ2n) is 6.01. The fraction of sp³-hybridized carbons (Fsp3) is 0.500. The first-order valence-corrected chi connectivity index (χ1v) is 8.13. The number of benzene rings is 1. The van der Waals surface area contributed by atoms with Gasteiger partial charge in [0.2, 0.25) is 0 Å². The second-order valence-corrected chi connectivity index (χ2v) is 6.01. The Kier molecular flexibility index (Phi) is 6.35. The van der Waals surface area contributed by atoms with Gasteiger partial charge in [0, 0.05) is 0 Å². The normalized spacial score (nSPS) is 21.5. The molecule has 6 nitrogen and oxygen atoms in total. The van der Waals surface area contributed by atoms with Crippen LogP contribution < -0.4 is 0 Å². The van der Waals surface area contributed by atoms with Crippen LogP contribution in [0.4, 0.5) is 0 Å². The number of hydrogen-bond donors (Lipinski definition) is 1. The fourth-order valence-electron chi connectivity index (χ4n) is 2.84. The van der Waals surface area contributed by atoms with E-state index in [2.05, 4.69) is 0 Å². The van der Waals surface area contributed by atoms with E-state index < -0.39 is 35.8 Å². The van der Waals surface area contributed by atoms with E-state index in [1.165, 1.54) is 6.92 Å². The van der Waals surface area contributed by atoms with E-state index in [9.17, 15) is 14.4 Å². The number of ether oxygens (including phenoxy) is 2. The zero-order valence-electron chi connectivity index (χ0n) is 13.6. The lowest BCUT2D eigenvalue weighted by atomic mass is 9.79. The van der Waals surface area contributed by atoms with Gasteiger partial charge in [-0.15, -0.1) is 0 Å². The van der Waals surface area contributed by atoms with E-state index in [0.717, 1.165) is 18.4 Å². The minimum atomic E-state index is -1.22. The van der Waals surface area contributed by atoms with Crippen molar-refractivity contribution in [3.63, 3.8) is 0 Å².